The van der Waals surface area contributed by atoms with Crippen LogP contribution in [0.1, 0.15) is 16.2 Å². The van der Waals surface area contributed by atoms with Crippen LogP contribution in [0, 0.1) is 6.92 Å². The zero-order valence-corrected chi connectivity index (χ0v) is 21.6. The Morgan fingerprint density at radius 2 is 2.03 bits per heavy atom. The Bertz CT molecular complexity index is 1590. The number of hydrogen-bond acceptors (Lipinski definition) is 6. The van der Waals surface area contributed by atoms with Gasteiger partial charge in [0, 0.05) is 40.9 Å². The molecule has 1 amide bonds. The number of aromatic nitrogens is 2. The fourth-order valence-electron chi connectivity index (χ4n) is 4.40. The van der Waals surface area contributed by atoms with E-state index in [1.165, 1.54) is 10.4 Å². The second kappa shape index (κ2) is 10.1. The van der Waals surface area contributed by atoms with Gasteiger partial charge >= 0.3 is 0 Å². The molecule has 1 aliphatic heterocycles. The van der Waals surface area contributed by atoms with Crippen molar-refractivity contribution in [3.05, 3.63) is 77.2 Å². The number of hydrogen-bond donors (Lipinski definition) is 2. The Morgan fingerprint density at radius 1 is 1.22 bits per heavy atom. The molecule has 192 valence electrons. The summed E-state index contributed by atoms with van der Waals surface area (Å²) >= 11 is 6.12. The zero-order chi connectivity index (χ0) is 26.2. The van der Waals surface area contributed by atoms with Crippen LogP contribution >= 0.6 is 11.6 Å². The number of amides is 1. The number of carbonyl (C=O) groups excluding carboxylic acids is 1. The molecule has 1 saturated heterocycles. The summed E-state index contributed by atoms with van der Waals surface area (Å²) in [6.07, 6.45) is 1.25. The van der Waals surface area contributed by atoms with Crippen LogP contribution in [-0.2, 0) is 14.8 Å². The maximum Gasteiger partial charge on any atom is 0.266 e. The molecule has 0 aliphatic carbocycles. The highest BCUT2D eigenvalue weighted by Gasteiger charge is 2.36. The van der Waals surface area contributed by atoms with E-state index in [1.54, 1.807) is 18.3 Å². The highest BCUT2D eigenvalue weighted by Crippen LogP contribution is 2.32. The van der Waals surface area contributed by atoms with Crippen LogP contribution in [0.2, 0.25) is 5.02 Å². The first kappa shape index (κ1) is 25.2. The van der Waals surface area contributed by atoms with Gasteiger partial charge in [-0.2, -0.15) is 4.31 Å². The number of nitrogens with zero attached hydrogens (tertiary/aromatic N) is 2. The first-order valence-electron chi connectivity index (χ1n) is 11.6. The number of ether oxygens (including phenoxy) is 2. The minimum absolute atomic E-state index is 0.0526. The predicted octanol–water partition coefficient (Wildman–Crippen LogP) is 3.76. The Balaban J connectivity index is 1.35. The number of halogens is 1. The molecule has 11 heteroatoms. The number of nitrogens with one attached hydrogen (secondary N) is 1. The van der Waals surface area contributed by atoms with Gasteiger partial charge in [-0.25, -0.2) is 8.42 Å². The van der Waals surface area contributed by atoms with E-state index in [-0.39, 0.29) is 36.9 Å². The molecule has 1 fully saturated rings. The second-order valence-electron chi connectivity index (χ2n) is 8.76. The van der Waals surface area contributed by atoms with Crippen LogP contribution in [0.25, 0.3) is 22.0 Å². The van der Waals surface area contributed by atoms with Crippen molar-refractivity contribution in [3.63, 3.8) is 0 Å². The normalized spacial score (nSPS) is 16.6. The Morgan fingerprint density at radius 3 is 2.81 bits per heavy atom. The van der Waals surface area contributed by atoms with Gasteiger partial charge in [-0.3, -0.25) is 9.78 Å². The lowest BCUT2D eigenvalue weighted by Crippen LogP contribution is -2.47. The van der Waals surface area contributed by atoms with Crippen molar-refractivity contribution in [3.8, 4) is 16.9 Å². The maximum absolute atomic E-state index is 13.7. The molecule has 5 rings (SSSR count). The number of aryl methyl sites for hydroxylation is 1. The topological polar surface area (TPSA) is 128 Å². The van der Waals surface area contributed by atoms with E-state index in [0.29, 0.717) is 21.7 Å². The molecule has 3 N–H and O–H groups in total. The number of pyridine rings is 1. The summed E-state index contributed by atoms with van der Waals surface area (Å²) in [4.78, 5) is 19.0. The number of morpholine rings is 1. The number of sulfonamides is 1. The molecule has 1 atom stereocenters. The van der Waals surface area contributed by atoms with Crippen molar-refractivity contribution >= 4 is 38.4 Å². The van der Waals surface area contributed by atoms with Gasteiger partial charge in [0.2, 0.25) is 10.0 Å². The van der Waals surface area contributed by atoms with Crippen molar-refractivity contribution in [1.82, 2.24) is 14.3 Å². The zero-order valence-electron chi connectivity index (χ0n) is 20.0. The van der Waals surface area contributed by atoms with Gasteiger partial charge in [0.25, 0.3) is 5.91 Å². The van der Waals surface area contributed by atoms with Crippen LogP contribution in [-0.4, -0.2) is 61.0 Å². The number of aromatic amines is 1. The lowest BCUT2D eigenvalue weighted by molar-refractivity contribution is -0.0249. The summed E-state index contributed by atoms with van der Waals surface area (Å²) in [5, 5.41) is 0.653. The highest BCUT2D eigenvalue weighted by molar-refractivity contribution is 7.89. The van der Waals surface area contributed by atoms with Crippen molar-refractivity contribution in [1.29, 1.82) is 0 Å². The molecule has 3 heterocycles. The van der Waals surface area contributed by atoms with E-state index >= 15 is 0 Å². The first-order valence-corrected chi connectivity index (χ1v) is 13.4. The average Bonchev–Trinajstić information content (AvgIpc) is 3.28. The largest absolute Gasteiger partial charge is 0.491 e. The van der Waals surface area contributed by atoms with E-state index in [9.17, 15) is 13.2 Å². The summed E-state index contributed by atoms with van der Waals surface area (Å²) in [5.41, 5.74) is 8.70. The number of nitrogens with two attached hydrogens (primary N) is 1. The van der Waals surface area contributed by atoms with Gasteiger partial charge in [0.05, 0.1) is 6.61 Å². The third-order valence-corrected chi connectivity index (χ3v) is 8.35. The van der Waals surface area contributed by atoms with Crippen molar-refractivity contribution in [2.45, 2.75) is 17.9 Å². The first-order chi connectivity index (χ1) is 17.7. The minimum atomic E-state index is -4.10. The molecule has 37 heavy (non-hydrogen) atoms. The molecule has 0 radical (unpaired) electrons. The highest BCUT2D eigenvalue weighted by atomic mass is 35.5. The van der Waals surface area contributed by atoms with Crippen LogP contribution in [0.15, 0.2) is 65.7 Å². The number of fused-ring (bicyclic) bond motifs is 1. The minimum Gasteiger partial charge on any atom is -0.491 e. The van der Waals surface area contributed by atoms with Crippen LogP contribution in [0.4, 0.5) is 0 Å². The summed E-state index contributed by atoms with van der Waals surface area (Å²) in [6, 6.07) is 16.3. The van der Waals surface area contributed by atoms with Crippen molar-refractivity contribution in [2.24, 2.45) is 5.73 Å². The lowest BCUT2D eigenvalue weighted by atomic mass is 10.1. The fraction of sp³-hybridized carbons (Fsp3) is 0.231. The molecular weight excluding hydrogens is 516 g/mol. The van der Waals surface area contributed by atoms with E-state index in [1.807, 2.05) is 43.3 Å². The maximum atomic E-state index is 13.7. The molecule has 0 bridgehead atoms. The van der Waals surface area contributed by atoms with Crippen molar-refractivity contribution in [2.75, 3.05) is 26.3 Å². The Hall–Kier alpha value is -3.44. The fourth-order valence-corrected chi connectivity index (χ4v) is 6.37. The van der Waals surface area contributed by atoms with E-state index in [2.05, 4.69) is 9.97 Å². The second-order valence-corrected chi connectivity index (χ2v) is 11.1. The summed E-state index contributed by atoms with van der Waals surface area (Å²) in [7, 11) is -4.10. The summed E-state index contributed by atoms with van der Waals surface area (Å²) in [5.74, 6) is -0.235. The third-order valence-electron chi connectivity index (χ3n) is 6.16. The van der Waals surface area contributed by atoms with Crippen molar-refractivity contribution < 1.29 is 22.7 Å². The smallest absolute Gasteiger partial charge is 0.266 e. The Labute approximate surface area is 219 Å². The van der Waals surface area contributed by atoms with Gasteiger partial charge in [0.15, 0.2) is 0 Å². The molecule has 1 aliphatic rings. The number of primary amides is 1. The SMILES string of the molecule is Cc1cc(-c2cccc(OCC3CN(S(=O)(=O)c4c(C(N)=O)[nH]c5ccc(Cl)cc45)CCO3)c2)ccn1. The number of carbonyl (C=O) groups is 1. The van der Waals surface area contributed by atoms with E-state index in [0.717, 1.165) is 16.8 Å². The molecule has 0 saturated carbocycles. The summed E-state index contributed by atoms with van der Waals surface area (Å²) < 4.78 is 40.5. The number of rotatable bonds is 7. The molecule has 1 unspecified atom stereocenters. The molecule has 2 aromatic heterocycles. The molecule has 4 aromatic rings. The quantitative estimate of drug-likeness (QED) is 0.367. The van der Waals surface area contributed by atoms with Gasteiger partial charge in [-0.15, -0.1) is 0 Å². The predicted molar refractivity (Wildman–Crippen MR) is 140 cm³/mol. The van der Waals surface area contributed by atoms with E-state index in [4.69, 9.17) is 26.8 Å². The molecule has 2 aromatic carbocycles. The third kappa shape index (κ3) is 5.19. The molecule has 0 spiro atoms. The van der Waals surface area contributed by atoms with E-state index < -0.39 is 22.0 Å². The van der Waals surface area contributed by atoms with Gasteiger partial charge in [0.1, 0.15) is 29.0 Å². The van der Waals surface area contributed by atoms with Gasteiger partial charge in [-0.05, 0) is 60.5 Å². The Kier molecular flexibility index (Phi) is 6.91. The number of benzene rings is 2. The molecule has 9 nitrogen and oxygen atoms in total. The van der Waals surface area contributed by atoms with Gasteiger partial charge in [-0.1, -0.05) is 23.7 Å². The van der Waals surface area contributed by atoms with Crippen LogP contribution in [0.3, 0.4) is 0 Å². The average molecular weight is 541 g/mol. The number of H-pyrrole nitrogens is 1. The molecular formula is C26H25ClN4O5S. The van der Waals surface area contributed by atoms with Crippen LogP contribution < -0.4 is 10.5 Å². The monoisotopic (exact) mass is 540 g/mol. The van der Waals surface area contributed by atoms with Crippen LogP contribution in [0.5, 0.6) is 5.75 Å². The van der Waals surface area contributed by atoms with Gasteiger partial charge < -0.3 is 20.2 Å². The lowest BCUT2D eigenvalue weighted by Gasteiger charge is -2.32. The standard InChI is InChI=1S/C26H25ClN4O5S/c1-16-11-18(7-8-29-16)17-3-2-4-20(12-17)36-15-21-14-31(9-10-35-21)37(33,34)25-22-13-19(27)5-6-23(22)30-24(25)26(28)32/h2-8,11-13,21,30H,9-10,14-15H2,1H3,(H2,28,32). The summed E-state index contributed by atoms with van der Waals surface area (Å²) in [6.45, 7) is 2.44.